The van der Waals surface area contributed by atoms with Crippen LogP contribution in [0.2, 0.25) is 0 Å². The van der Waals surface area contributed by atoms with Crippen molar-refractivity contribution in [3.05, 3.63) is 23.3 Å². The Hall–Kier alpha value is -0.720. The highest BCUT2D eigenvalue weighted by molar-refractivity contribution is 7.99. The lowest BCUT2D eigenvalue weighted by Crippen LogP contribution is -2.27. The van der Waals surface area contributed by atoms with Gasteiger partial charge < -0.3 is 5.73 Å². The van der Waals surface area contributed by atoms with Crippen LogP contribution < -0.4 is 10.5 Å². The maximum absolute atomic E-state index is 12.3. The van der Waals surface area contributed by atoms with Gasteiger partial charge in [0, 0.05) is 17.5 Å². The Morgan fingerprint density at radius 1 is 1.37 bits per heavy atom. The molecule has 1 aromatic carbocycles. The van der Waals surface area contributed by atoms with E-state index in [4.69, 9.17) is 5.73 Å². The van der Waals surface area contributed by atoms with Gasteiger partial charge in [0.25, 0.3) is 0 Å². The number of anilines is 1. The van der Waals surface area contributed by atoms with Gasteiger partial charge >= 0.3 is 0 Å². The van der Waals surface area contributed by atoms with Crippen molar-refractivity contribution >= 4 is 27.5 Å². The van der Waals surface area contributed by atoms with Crippen LogP contribution in [0.5, 0.6) is 0 Å². The zero-order valence-corrected chi connectivity index (χ0v) is 13.5. The molecule has 0 fully saturated rings. The van der Waals surface area contributed by atoms with Crippen molar-refractivity contribution in [3.8, 4) is 0 Å². The summed E-state index contributed by atoms with van der Waals surface area (Å²) in [6, 6.07) is 3.47. The number of hydrogen-bond acceptors (Lipinski definition) is 4. The summed E-state index contributed by atoms with van der Waals surface area (Å²) in [6.45, 7) is 6.04. The molecule has 0 saturated heterocycles. The number of rotatable bonds is 6. The minimum absolute atomic E-state index is 0.310. The van der Waals surface area contributed by atoms with Gasteiger partial charge in [0.15, 0.2) is 0 Å². The molecule has 108 valence electrons. The van der Waals surface area contributed by atoms with Crippen molar-refractivity contribution < 1.29 is 8.42 Å². The molecular weight excluding hydrogens is 280 g/mol. The first kappa shape index (κ1) is 16.3. The van der Waals surface area contributed by atoms with E-state index in [0.717, 1.165) is 12.0 Å². The molecule has 0 amide bonds. The van der Waals surface area contributed by atoms with Gasteiger partial charge in [0.05, 0.1) is 4.90 Å². The molecule has 3 N–H and O–H groups in total. The maximum atomic E-state index is 12.3. The predicted molar refractivity (Wildman–Crippen MR) is 83.1 cm³/mol. The van der Waals surface area contributed by atoms with Crippen LogP contribution in [0.1, 0.15) is 24.5 Å². The third kappa shape index (κ3) is 4.12. The molecule has 0 heterocycles. The van der Waals surface area contributed by atoms with Crippen molar-refractivity contribution in [3.63, 3.8) is 0 Å². The number of nitrogen functional groups attached to an aromatic ring is 1. The van der Waals surface area contributed by atoms with Crippen LogP contribution in [0.25, 0.3) is 0 Å². The summed E-state index contributed by atoms with van der Waals surface area (Å²) in [6.07, 6.45) is 2.83. The lowest BCUT2D eigenvalue weighted by Gasteiger charge is -2.14. The maximum Gasteiger partial charge on any atom is 0.241 e. The number of benzene rings is 1. The molecule has 1 unspecified atom stereocenters. The lowest BCUT2D eigenvalue weighted by atomic mass is 10.1. The molecule has 0 aliphatic carbocycles. The second-order valence-corrected chi connectivity index (χ2v) is 7.64. The van der Waals surface area contributed by atoms with Gasteiger partial charge in [-0.3, -0.25) is 0 Å². The minimum Gasteiger partial charge on any atom is -0.398 e. The van der Waals surface area contributed by atoms with Crippen LogP contribution in [0.15, 0.2) is 17.0 Å². The first-order chi connectivity index (χ1) is 8.79. The van der Waals surface area contributed by atoms with Crippen LogP contribution in [0.3, 0.4) is 0 Å². The molecule has 4 nitrogen and oxygen atoms in total. The summed E-state index contributed by atoms with van der Waals surface area (Å²) >= 11 is 1.73. The lowest BCUT2D eigenvalue weighted by molar-refractivity contribution is 0.578. The standard InChI is InChI=1S/C13H22N2O2S2/c1-9-5-6-12(14)11(3)13(9)19(16,17)15-8-7-10(2)18-4/h5-6,10,15H,7-8,14H2,1-4H3. The highest BCUT2D eigenvalue weighted by Crippen LogP contribution is 2.24. The first-order valence-corrected chi connectivity index (χ1v) is 8.95. The molecule has 0 saturated carbocycles. The third-order valence-electron chi connectivity index (χ3n) is 3.16. The topological polar surface area (TPSA) is 72.2 Å². The summed E-state index contributed by atoms with van der Waals surface area (Å²) in [5.74, 6) is 0. The van der Waals surface area contributed by atoms with Crippen molar-refractivity contribution in [2.45, 2.75) is 37.3 Å². The Labute approximate surface area is 120 Å². The monoisotopic (exact) mass is 302 g/mol. The molecule has 19 heavy (non-hydrogen) atoms. The fourth-order valence-electron chi connectivity index (χ4n) is 1.84. The molecule has 0 radical (unpaired) electrons. The quantitative estimate of drug-likeness (QED) is 0.791. The zero-order chi connectivity index (χ0) is 14.6. The van der Waals surface area contributed by atoms with E-state index in [-0.39, 0.29) is 0 Å². The number of nitrogens with one attached hydrogen (secondary N) is 1. The number of nitrogens with two attached hydrogens (primary N) is 1. The van der Waals surface area contributed by atoms with Gasteiger partial charge in [0.2, 0.25) is 10.0 Å². The van der Waals surface area contributed by atoms with Crippen LogP contribution in [-0.2, 0) is 10.0 Å². The highest BCUT2D eigenvalue weighted by Gasteiger charge is 2.20. The number of hydrogen-bond donors (Lipinski definition) is 2. The minimum atomic E-state index is -3.49. The van der Waals surface area contributed by atoms with Gasteiger partial charge in [-0.05, 0) is 43.7 Å². The Kier molecular flexibility index (Phi) is 5.70. The molecule has 0 aliphatic heterocycles. The summed E-state index contributed by atoms with van der Waals surface area (Å²) in [4.78, 5) is 0.310. The number of sulfonamides is 1. The van der Waals surface area contributed by atoms with Crippen molar-refractivity contribution in [1.82, 2.24) is 4.72 Å². The van der Waals surface area contributed by atoms with E-state index in [1.54, 1.807) is 37.7 Å². The highest BCUT2D eigenvalue weighted by atomic mass is 32.2. The van der Waals surface area contributed by atoms with Gasteiger partial charge in [-0.25, -0.2) is 13.1 Å². The summed E-state index contributed by atoms with van der Waals surface area (Å²) in [5.41, 5.74) is 7.63. The van der Waals surface area contributed by atoms with E-state index in [9.17, 15) is 8.42 Å². The van der Waals surface area contributed by atoms with Crippen molar-refractivity contribution in [1.29, 1.82) is 0 Å². The predicted octanol–water partition coefficient (Wildman–Crippen LogP) is 2.31. The van der Waals surface area contributed by atoms with E-state index in [1.807, 2.05) is 6.26 Å². The van der Waals surface area contributed by atoms with E-state index in [0.29, 0.717) is 27.9 Å². The number of thioether (sulfide) groups is 1. The first-order valence-electron chi connectivity index (χ1n) is 6.17. The normalized spacial score (nSPS) is 13.5. The van der Waals surface area contributed by atoms with E-state index >= 15 is 0 Å². The summed E-state index contributed by atoms with van der Waals surface area (Å²) in [5, 5.41) is 0.436. The second kappa shape index (κ2) is 6.63. The smallest absolute Gasteiger partial charge is 0.241 e. The van der Waals surface area contributed by atoms with Crippen LogP contribution in [-0.4, -0.2) is 26.5 Å². The summed E-state index contributed by atoms with van der Waals surface area (Å²) < 4.78 is 27.3. The van der Waals surface area contributed by atoms with Crippen LogP contribution >= 0.6 is 11.8 Å². The van der Waals surface area contributed by atoms with Gasteiger partial charge in [-0.1, -0.05) is 13.0 Å². The molecule has 0 bridgehead atoms. The molecule has 6 heteroatoms. The third-order valence-corrected chi connectivity index (χ3v) is 5.95. The Morgan fingerprint density at radius 3 is 2.58 bits per heavy atom. The fraction of sp³-hybridized carbons (Fsp3) is 0.538. The Bertz CT molecular complexity index is 542. The van der Waals surface area contributed by atoms with E-state index in [1.165, 1.54) is 0 Å². The van der Waals surface area contributed by atoms with Crippen LogP contribution in [0, 0.1) is 13.8 Å². The summed E-state index contributed by atoms with van der Waals surface area (Å²) in [7, 11) is -3.49. The van der Waals surface area contributed by atoms with Gasteiger partial charge in [-0.15, -0.1) is 0 Å². The fourth-order valence-corrected chi connectivity index (χ4v) is 3.74. The van der Waals surface area contributed by atoms with Crippen molar-refractivity contribution in [2.75, 3.05) is 18.5 Å². The number of aryl methyl sites for hydroxylation is 1. The van der Waals surface area contributed by atoms with Crippen LogP contribution in [0.4, 0.5) is 5.69 Å². The average Bonchev–Trinajstić information content (AvgIpc) is 2.33. The molecule has 1 atom stereocenters. The largest absolute Gasteiger partial charge is 0.398 e. The molecule has 0 spiro atoms. The molecular formula is C13H22N2O2S2. The second-order valence-electron chi connectivity index (χ2n) is 4.66. The zero-order valence-electron chi connectivity index (χ0n) is 11.9. The molecule has 0 aliphatic rings. The SMILES string of the molecule is CSC(C)CCNS(=O)(=O)c1c(C)ccc(N)c1C. The molecule has 1 aromatic rings. The molecule has 1 rings (SSSR count). The van der Waals surface area contributed by atoms with Gasteiger partial charge in [-0.2, -0.15) is 11.8 Å². The Balaban J connectivity index is 2.92. The van der Waals surface area contributed by atoms with Gasteiger partial charge in [0.1, 0.15) is 0 Å². The van der Waals surface area contributed by atoms with Crippen molar-refractivity contribution in [2.24, 2.45) is 0 Å². The average molecular weight is 302 g/mol. The molecule has 0 aromatic heterocycles. The van der Waals surface area contributed by atoms with E-state index < -0.39 is 10.0 Å². The Morgan fingerprint density at radius 2 is 2.00 bits per heavy atom. The van der Waals surface area contributed by atoms with E-state index in [2.05, 4.69) is 11.6 Å².